The molecular formula is C23H20Cl2F4N4O4. The van der Waals surface area contributed by atoms with Crippen LogP contribution in [0.2, 0.25) is 10.0 Å². The summed E-state index contributed by atoms with van der Waals surface area (Å²) >= 11 is 11.9. The first kappa shape index (κ1) is 27.1. The molecule has 0 radical (unpaired) electrons. The second-order valence-electron chi connectivity index (χ2n) is 8.25. The highest BCUT2D eigenvalue weighted by molar-refractivity contribution is 6.42. The molecule has 3 N–H and O–H groups in total. The Labute approximate surface area is 217 Å². The molecule has 3 aromatic rings. The molecule has 0 aliphatic carbocycles. The standard InChI is InChI=1S/C21H19Cl2FN4O2.C2HF3O2/c22-15-1-2-16(20(24)19(15)23)27-21-14-5-13-11(7-25)8-30-18(13)6-17(14)28(10-26-21)12-3-4-29-9-12;3-2(4,5)1(6)7/h1-2,5-6,10-12H,3-4,7-9,25H2;(H,6,7)/t11?,12-;/m0./s1. The van der Waals surface area contributed by atoms with Gasteiger partial charge in [0.25, 0.3) is 0 Å². The number of halogens is 6. The Morgan fingerprint density at radius 2 is 2.00 bits per heavy atom. The van der Waals surface area contributed by atoms with Gasteiger partial charge in [0.05, 0.1) is 41.1 Å². The summed E-state index contributed by atoms with van der Waals surface area (Å²) in [4.78, 5) is 17.9. The van der Waals surface area contributed by atoms with E-state index in [1.807, 2.05) is 12.1 Å². The first-order chi connectivity index (χ1) is 17.5. The average Bonchev–Trinajstić information content (AvgIpc) is 3.53. The smallest absolute Gasteiger partial charge is 0.490 e. The fourth-order valence-electron chi connectivity index (χ4n) is 3.98. The third-order valence-corrected chi connectivity index (χ3v) is 6.68. The summed E-state index contributed by atoms with van der Waals surface area (Å²) in [6, 6.07) is 7.17. The van der Waals surface area contributed by atoms with Crippen LogP contribution in [0.1, 0.15) is 23.9 Å². The molecule has 1 fully saturated rings. The normalized spacial score (nSPS) is 19.4. The van der Waals surface area contributed by atoms with Gasteiger partial charge in [-0.15, -0.1) is 0 Å². The fourth-order valence-corrected chi connectivity index (χ4v) is 4.29. The maximum absolute atomic E-state index is 14.6. The van der Waals surface area contributed by atoms with Crippen LogP contribution in [0.4, 0.5) is 23.2 Å². The lowest BCUT2D eigenvalue weighted by atomic mass is 9.99. The predicted molar refractivity (Wildman–Crippen MR) is 127 cm³/mol. The van der Waals surface area contributed by atoms with Crippen molar-refractivity contribution in [2.45, 2.75) is 24.6 Å². The minimum absolute atomic E-state index is 0.0762. The molecule has 1 aromatic heterocycles. The van der Waals surface area contributed by atoms with E-state index in [-0.39, 0.29) is 27.7 Å². The zero-order valence-electron chi connectivity index (χ0n) is 18.9. The van der Waals surface area contributed by atoms with E-state index >= 15 is 0 Å². The molecule has 2 aliphatic rings. The van der Waals surface area contributed by atoms with E-state index in [0.29, 0.717) is 31.9 Å². The number of nitrogens with two attached hydrogens (primary N) is 1. The number of carboxylic acid groups (broad SMARTS) is 1. The van der Waals surface area contributed by atoms with Crippen molar-refractivity contribution in [3.63, 3.8) is 0 Å². The van der Waals surface area contributed by atoms with Crippen molar-refractivity contribution < 1.29 is 36.9 Å². The fraction of sp³-hybridized carbons (Fsp3) is 0.348. The first-order valence-corrected chi connectivity index (χ1v) is 11.7. The molecule has 3 heterocycles. The van der Waals surface area contributed by atoms with Crippen LogP contribution in [0, 0.1) is 5.82 Å². The zero-order valence-corrected chi connectivity index (χ0v) is 20.4. The quantitative estimate of drug-likeness (QED) is 0.352. The molecule has 2 aromatic carbocycles. The molecule has 8 nitrogen and oxygen atoms in total. The van der Waals surface area contributed by atoms with Crippen LogP contribution in [-0.2, 0) is 9.53 Å². The second kappa shape index (κ2) is 10.8. The molecular weight excluding hydrogens is 543 g/mol. The number of nitrogens with zero attached hydrogens (tertiary/aromatic N) is 3. The summed E-state index contributed by atoms with van der Waals surface area (Å²) in [5, 5.41) is 7.89. The third-order valence-electron chi connectivity index (χ3n) is 5.90. The SMILES string of the molecule is NCC1COc2cc3c(cc21)c(=Nc1ccc(Cl)c(Cl)c1F)ncn3[C@H]1CCOC1.O=C(O)C(F)(F)F. The second-order valence-corrected chi connectivity index (χ2v) is 9.04. The summed E-state index contributed by atoms with van der Waals surface area (Å²) in [6.07, 6.45) is -2.47. The monoisotopic (exact) mass is 562 g/mol. The van der Waals surface area contributed by atoms with Crippen LogP contribution >= 0.6 is 23.2 Å². The molecule has 1 unspecified atom stereocenters. The van der Waals surface area contributed by atoms with Crippen molar-refractivity contribution in [3.05, 3.63) is 57.5 Å². The maximum atomic E-state index is 14.6. The largest absolute Gasteiger partial charge is 0.493 e. The third kappa shape index (κ3) is 5.66. The molecule has 198 valence electrons. The van der Waals surface area contributed by atoms with Crippen LogP contribution in [0.15, 0.2) is 35.6 Å². The van der Waals surface area contributed by atoms with Gasteiger partial charge < -0.3 is 24.9 Å². The Morgan fingerprint density at radius 1 is 1.27 bits per heavy atom. The molecule has 5 rings (SSSR count). The van der Waals surface area contributed by atoms with Crippen LogP contribution < -0.4 is 16.0 Å². The minimum atomic E-state index is -5.08. The molecule has 1 saturated heterocycles. The minimum Gasteiger partial charge on any atom is -0.493 e. The molecule has 37 heavy (non-hydrogen) atoms. The Hall–Kier alpha value is -2.93. The zero-order chi connectivity index (χ0) is 26.9. The van der Waals surface area contributed by atoms with Gasteiger partial charge in [0.1, 0.15) is 11.4 Å². The van der Waals surface area contributed by atoms with E-state index < -0.39 is 18.0 Å². The lowest BCUT2D eigenvalue weighted by Crippen LogP contribution is -2.21. The lowest BCUT2D eigenvalue weighted by Gasteiger charge is -2.17. The van der Waals surface area contributed by atoms with Gasteiger partial charge in [0.2, 0.25) is 0 Å². The molecule has 14 heteroatoms. The Bertz CT molecular complexity index is 1410. The molecule has 0 saturated carbocycles. The van der Waals surface area contributed by atoms with Gasteiger partial charge in [-0.25, -0.2) is 19.2 Å². The number of carboxylic acids is 1. The van der Waals surface area contributed by atoms with E-state index in [4.69, 9.17) is 48.3 Å². The van der Waals surface area contributed by atoms with Crippen LogP contribution in [-0.4, -0.2) is 53.2 Å². The summed E-state index contributed by atoms with van der Waals surface area (Å²) in [6.45, 7) is 2.33. The maximum Gasteiger partial charge on any atom is 0.490 e. The highest BCUT2D eigenvalue weighted by Gasteiger charge is 2.38. The highest BCUT2D eigenvalue weighted by atomic mass is 35.5. The predicted octanol–water partition coefficient (Wildman–Crippen LogP) is 4.74. The van der Waals surface area contributed by atoms with Crippen molar-refractivity contribution in [2.24, 2.45) is 10.7 Å². The van der Waals surface area contributed by atoms with Crippen LogP contribution in [0.5, 0.6) is 5.75 Å². The lowest BCUT2D eigenvalue weighted by molar-refractivity contribution is -0.192. The number of hydrogen-bond acceptors (Lipinski definition) is 6. The Kier molecular flexibility index (Phi) is 7.93. The number of fused-ring (bicyclic) bond motifs is 2. The van der Waals surface area contributed by atoms with Gasteiger partial charge in [0, 0.05) is 36.1 Å². The average molecular weight is 563 g/mol. The van der Waals surface area contributed by atoms with Gasteiger partial charge in [-0.1, -0.05) is 23.2 Å². The number of aromatic nitrogens is 2. The number of rotatable bonds is 3. The van der Waals surface area contributed by atoms with Gasteiger partial charge >= 0.3 is 12.1 Å². The topological polar surface area (TPSA) is 112 Å². The molecule has 2 aliphatic heterocycles. The van der Waals surface area contributed by atoms with E-state index in [1.165, 1.54) is 12.1 Å². The van der Waals surface area contributed by atoms with Gasteiger partial charge in [0.15, 0.2) is 11.3 Å². The van der Waals surface area contributed by atoms with E-state index in [1.54, 1.807) is 6.33 Å². The number of aliphatic carboxylic acids is 1. The van der Waals surface area contributed by atoms with E-state index in [9.17, 15) is 17.6 Å². The number of hydrogen-bond donors (Lipinski definition) is 2. The molecule has 0 spiro atoms. The van der Waals surface area contributed by atoms with E-state index in [0.717, 1.165) is 28.6 Å². The van der Waals surface area contributed by atoms with Crippen LogP contribution in [0.25, 0.3) is 10.9 Å². The molecule has 2 atom stereocenters. The van der Waals surface area contributed by atoms with Crippen molar-refractivity contribution >= 4 is 45.8 Å². The van der Waals surface area contributed by atoms with E-state index in [2.05, 4.69) is 14.5 Å². The summed E-state index contributed by atoms with van der Waals surface area (Å²) in [5.41, 5.74) is 8.30. The Balaban J connectivity index is 0.000000405. The van der Waals surface area contributed by atoms with Crippen molar-refractivity contribution in [3.8, 4) is 5.75 Å². The van der Waals surface area contributed by atoms with Crippen LogP contribution in [0.3, 0.4) is 0 Å². The van der Waals surface area contributed by atoms with Gasteiger partial charge in [-0.2, -0.15) is 13.2 Å². The number of alkyl halides is 3. The number of ether oxygens (including phenoxy) is 2. The summed E-state index contributed by atoms with van der Waals surface area (Å²) in [5.74, 6) is -2.53. The van der Waals surface area contributed by atoms with Gasteiger partial charge in [-0.05, 0) is 24.6 Å². The summed E-state index contributed by atoms with van der Waals surface area (Å²) < 4.78 is 59.8. The van der Waals surface area contributed by atoms with Crippen molar-refractivity contribution in [1.82, 2.24) is 9.55 Å². The number of benzene rings is 2. The summed E-state index contributed by atoms with van der Waals surface area (Å²) in [7, 11) is 0. The molecule has 0 amide bonds. The highest BCUT2D eigenvalue weighted by Crippen LogP contribution is 2.37. The van der Waals surface area contributed by atoms with Crippen molar-refractivity contribution in [2.75, 3.05) is 26.4 Å². The Morgan fingerprint density at radius 3 is 2.62 bits per heavy atom. The molecule has 0 bridgehead atoms. The van der Waals surface area contributed by atoms with Gasteiger partial charge in [-0.3, -0.25) is 0 Å². The number of carbonyl (C=O) groups is 1. The van der Waals surface area contributed by atoms with Crippen molar-refractivity contribution in [1.29, 1.82) is 0 Å². The first-order valence-electron chi connectivity index (χ1n) is 10.9.